The summed E-state index contributed by atoms with van der Waals surface area (Å²) >= 11 is 5.15. The molecule has 0 amide bonds. The van der Waals surface area contributed by atoms with Crippen LogP contribution in [0.15, 0.2) is 15.9 Å². The first kappa shape index (κ1) is 14.1. The molecule has 0 aromatic carbocycles. The normalized spacial score (nSPS) is 17.4. The monoisotopic (exact) mass is 306 g/mol. The minimum Gasteiger partial charge on any atom is -0.392 e. The van der Waals surface area contributed by atoms with E-state index < -0.39 is 0 Å². The highest BCUT2D eigenvalue weighted by atomic mass is 79.9. The van der Waals surface area contributed by atoms with Gasteiger partial charge in [-0.1, -0.05) is 0 Å². The van der Waals surface area contributed by atoms with Crippen molar-refractivity contribution in [1.82, 2.24) is 4.90 Å². The fourth-order valence-corrected chi connectivity index (χ4v) is 3.60. The zero-order valence-corrected chi connectivity index (χ0v) is 12.3. The number of rotatable bonds is 5. The predicted molar refractivity (Wildman–Crippen MR) is 72.7 cm³/mol. The molecule has 3 N–H and O–H groups in total. The van der Waals surface area contributed by atoms with E-state index in [-0.39, 0.29) is 18.2 Å². The Hall–Kier alpha value is 0.0600. The molecule has 16 heavy (non-hydrogen) atoms. The molecule has 5 heteroatoms. The maximum atomic E-state index is 9.42. The average molecular weight is 307 g/mol. The van der Waals surface area contributed by atoms with Crippen molar-refractivity contribution < 1.29 is 5.11 Å². The summed E-state index contributed by atoms with van der Waals surface area (Å²) in [5, 5.41) is 9.42. The van der Waals surface area contributed by atoms with Crippen LogP contribution in [0.1, 0.15) is 24.8 Å². The molecule has 3 atom stereocenters. The minimum absolute atomic E-state index is 0.0364. The highest BCUT2D eigenvalue weighted by Gasteiger charge is 2.23. The van der Waals surface area contributed by atoms with E-state index in [9.17, 15) is 5.11 Å². The summed E-state index contributed by atoms with van der Waals surface area (Å²) in [6.07, 6.45) is -0.338. The van der Waals surface area contributed by atoms with Gasteiger partial charge in [0, 0.05) is 17.5 Å². The predicted octanol–water partition coefficient (Wildman–Crippen LogP) is 2.21. The Morgan fingerprint density at radius 2 is 2.12 bits per heavy atom. The standard InChI is InChI=1S/C11H19BrN2OS/c1-7(15)6-14(3)11(8(2)13)9-4-5-10(12)16-9/h4-5,7-8,11,15H,6,13H2,1-3H3. The van der Waals surface area contributed by atoms with Gasteiger partial charge in [-0.15, -0.1) is 11.3 Å². The van der Waals surface area contributed by atoms with Crippen molar-refractivity contribution in [3.8, 4) is 0 Å². The third kappa shape index (κ3) is 3.82. The lowest BCUT2D eigenvalue weighted by molar-refractivity contribution is 0.111. The first-order valence-electron chi connectivity index (χ1n) is 5.31. The molecule has 1 heterocycles. The summed E-state index contributed by atoms with van der Waals surface area (Å²) < 4.78 is 1.11. The van der Waals surface area contributed by atoms with Crippen molar-refractivity contribution in [2.45, 2.75) is 32.0 Å². The van der Waals surface area contributed by atoms with Gasteiger partial charge < -0.3 is 10.8 Å². The Balaban J connectivity index is 2.82. The SMILES string of the molecule is CC(O)CN(C)C(c1ccc(Br)s1)C(C)N. The van der Waals surface area contributed by atoms with E-state index in [4.69, 9.17) is 5.73 Å². The Labute approximate surface area is 109 Å². The number of hydrogen-bond acceptors (Lipinski definition) is 4. The van der Waals surface area contributed by atoms with E-state index in [1.807, 2.05) is 20.0 Å². The van der Waals surface area contributed by atoms with Crippen LogP contribution < -0.4 is 5.73 Å². The van der Waals surface area contributed by atoms with Gasteiger partial charge in [0.1, 0.15) is 0 Å². The van der Waals surface area contributed by atoms with Gasteiger partial charge in [0.05, 0.1) is 15.9 Å². The van der Waals surface area contributed by atoms with Crippen LogP contribution in [-0.2, 0) is 0 Å². The smallest absolute Gasteiger partial charge is 0.0702 e. The molecule has 0 saturated carbocycles. The number of aliphatic hydroxyl groups excluding tert-OH is 1. The molecule has 3 unspecified atom stereocenters. The van der Waals surface area contributed by atoms with Gasteiger partial charge in [-0.25, -0.2) is 0 Å². The van der Waals surface area contributed by atoms with Crippen LogP contribution in [-0.4, -0.2) is 35.7 Å². The number of halogens is 1. The molecular formula is C11H19BrN2OS. The summed E-state index contributed by atoms with van der Waals surface area (Å²) in [5.41, 5.74) is 6.02. The Morgan fingerprint density at radius 3 is 2.50 bits per heavy atom. The molecule has 0 radical (unpaired) electrons. The quantitative estimate of drug-likeness (QED) is 0.877. The molecule has 0 aliphatic heterocycles. The summed E-state index contributed by atoms with van der Waals surface area (Å²) in [5.74, 6) is 0. The summed E-state index contributed by atoms with van der Waals surface area (Å²) in [4.78, 5) is 3.33. The zero-order chi connectivity index (χ0) is 12.3. The third-order valence-corrected chi connectivity index (χ3v) is 4.10. The van der Waals surface area contributed by atoms with E-state index in [1.165, 1.54) is 4.88 Å². The second-order valence-corrected chi connectivity index (χ2v) is 6.73. The lowest BCUT2D eigenvalue weighted by atomic mass is 10.1. The number of hydrogen-bond donors (Lipinski definition) is 2. The topological polar surface area (TPSA) is 49.5 Å². The van der Waals surface area contributed by atoms with Gasteiger partial charge in [0.15, 0.2) is 0 Å². The van der Waals surface area contributed by atoms with Crippen molar-refractivity contribution in [3.63, 3.8) is 0 Å². The Kier molecular flexibility index (Phi) is 5.40. The number of likely N-dealkylation sites (N-methyl/N-ethyl adjacent to an activating group) is 1. The Morgan fingerprint density at radius 1 is 1.50 bits per heavy atom. The Bertz CT molecular complexity index is 328. The highest BCUT2D eigenvalue weighted by Crippen LogP contribution is 2.31. The van der Waals surface area contributed by atoms with Crippen LogP contribution in [0.25, 0.3) is 0 Å². The van der Waals surface area contributed by atoms with Crippen LogP contribution in [0.2, 0.25) is 0 Å². The molecule has 0 spiro atoms. The molecule has 0 fully saturated rings. The van der Waals surface area contributed by atoms with Crippen LogP contribution in [0.3, 0.4) is 0 Å². The van der Waals surface area contributed by atoms with Crippen molar-refractivity contribution >= 4 is 27.3 Å². The van der Waals surface area contributed by atoms with E-state index in [1.54, 1.807) is 18.3 Å². The maximum Gasteiger partial charge on any atom is 0.0702 e. The van der Waals surface area contributed by atoms with E-state index in [2.05, 4.69) is 26.9 Å². The van der Waals surface area contributed by atoms with Gasteiger partial charge in [0.25, 0.3) is 0 Å². The van der Waals surface area contributed by atoms with Crippen molar-refractivity contribution in [2.24, 2.45) is 5.73 Å². The highest BCUT2D eigenvalue weighted by molar-refractivity contribution is 9.11. The third-order valence-electron chi connectivity index (χ3n) is 2.41. The molecular weight excluding hydrogens is 288 g/mol. The minimum atomic E-state index is -0.338. The second kappa shape index (κ2) is 6.12. The number of thiophene rings is 1. The summed E-state index contributed by atoms with van der Waals surface area (Å²) in [6.45, 7) is 4.41. The van der Waals surface area contributed by atoms with Crippen molar-refractivity contribution in [3.05, 3.63) is 20.8 Å². The number of nitrogens with zero attached hydrogens (tertiary/aromatic N) is 1. The first-order valence-corrected chi connectivity index (χ1v) is 6.92. The fourth-order valence-electron chi connectivity index (χ4n) is 1.90. The molecule has 0 aliphatic rings. The maximum absolute atomic E-state index is 9.42. The van der Waals surface area contributed by atoms with E-state index >= 15 is 0 Å². The molecule has 0 saturated heterocycles. The average Bonchev–Trinajstić information content (AvgIpc) is 2.49. The van der Waals surface area contributed by atoms with Gasteiger partial charge in [-0.3, -0.25) is 4.90 Å². The molecule has 0 bridgehead atoms. The van der Waals surface area contributed by atoms with Gasteiger partial charge in [0.2, 0.25) is 0 Å². The first-order chi connectivity index (χ1) is 7.41. The zero-order valence-electron chi connectivity index (χ0n) is 9.85. The molecule has 1 aromatic heterocycles. The van der Waals surface area contributed by atoms with E-state index in [0.29, 0.717) is 6.54 Å². The van der Waals surface area contributed by atoms with Gasteiger partial charge >= 0.3 is 0 Å². The van der Waals surface area contributed by atoms with Crippen molar-refractivity contribution in [2.75, 3.05) is 13.6 Å². The lowest BCUT2D eigenvalue weighted by Gasteiger charge is -2.31. The fraction of sp³-hybridized carbons (Fsp3) is 0.636. The number of aliphatic hydroxyl groups is 1. The summed E-state index contributed by atoms with van der Waals surface area (Å²) in [6, 6.07) is 4.31. The van der Waals surface area contributed by atoms with Crippen LogP contribution in [0.4, 0.5) is 0 Å². The molecule has 0 aliphatic carbocycles. The lowest BCUT2D eigenvalue weighted by Crippen LogP contribution is -2.39. The van der Waals surface area contributed by atoms with Crippen molar-refractivity contribution in [1.29, 1.82) is 0 Å². The largest absolute Gasteiger partial charge is 0.392 e. The molecule has 1 aromatic rings. The van der Waals surface area contributed by atoms with Crippen LogP contribution >= 0.6 is 27.3 Å². The number of nitrogens with two attached hydrogens (primary N) is 1. The van der Waals surface area contributed by atoms with Gasteiger partial charge in [-0.2, -0.15) is 0 Å². The van der Waals surface area contributed by atoms with Crippen LogP contribution in [0.5, 0.6) is 0 Å². The summed E-state index contributed by atoms with van der Waals surface area (Å²) in [7, 11) is 1.99. The second-order valence-electron chi connectivity index (χ2n) is 4.23. The molecule has 92 valence electrons. The van der Waals surface area contributed by atoms with Crippen LogP contribution in [0, 0.1) is 0 Å². The van der Waals surface area contributed by atoms with Gasteiger partial charge in [-0.05, 0) is 49.0 Å². The molecule has 1 rings (SSSR count). The van der Waals surface area contributed by atoms with E-state index in [0.717, 1.165) is 3.79 Å². The molecule has 3 nitrogen and oxygen atoms in total.